The van der Waals surface area contributed by atoms with Crippen molar-refractivity contribution in [1.29, 1.82) is 0 Å². The van der Waals surface area contributed by atoms with Crippen molar-refractivity contribution in [2.75, 3.05) is 7.05 Å². The maximum atomic E-state index is 12.6. The lowest BCUT2D eigenvalue weighted by atomic mass is 9.98. The van der Waals surface area contributed by atoms with Crippen LogP contribution in [-0.2, 0) is 22.5 Å². The highest BCUT2D eigenvalue weighted by atomic mass is 19.4. The van der Waals surface area contributed by atoms with Gasteiger partial charge in [-0.05, 0) is 29.3 Å². The number of hydrogen-bond acceptors (Lipinski definition) is 4. The number of alkyl halides is 3. The molecule has 0 aromatic heterocycles. The summed E-state index contributed by atoms with van der Waals surface area (Å²) in [4.78, 5) is 26.0. The van der Waals surface area contributed by atoms with Crippen LogP contribution >= 0.6 is 0 Å². The molecule has 1 atom stereocenters. The van der Waals surface area contributed by atoms with Crippen LogP contribution in [0.1, 0.15) is 21.5 Å². The fraction of sp³-hybridized carbons (Fsp3) is 0.263. The molecule has 1 unspecified atom stereocenters. The molecule has 1 aliphatic rings. The van der Waals surface area contributed by atoms with Crippen molar-refractivity contribution in [3.63, 3.8) is 0 Å². The summed E-state index contributed by atoms with van der Waals surface area (Å²) in [5.74, 6) is -1.26. The topological polar surface area (TPSA) is 55.8 Å². The minimum Gasteiger partial charge on any atom is -0.448 e. The second-order valence-corrected chi connectivity index (χ2v) is 6.14. The van der Waals surface area contributed by atoms with E-state index in [4.69, 9.17) is 4.74 Å². The van der Waals surface area contributed by atoms with E-state index in [2.05, 4.69) is 4.74 Å². The first-order valence-corrected chi connectivity index (χ1v) is 8.11. The number of carbonyl (C=O) groups is 2. The predicted molar refractivity (Wildman–Crippen MR) is 88.9 cm³/mol. The molecule has 8 heteroatoms. The van der Waals surface area contributed by atoms with Gasteiger partial charge in [0, 0.05) is 20.0 Å². The highest BCUT2D eigenvalue weighted by Crippen LogP contribution is 2.24. The van der Waals surface area contributed by atoms with E-state index in [0.29, 0.717) is 11.1 Å². The minimum absolute atomic E-state index is 0.154. The van der Waals surface area contributed by atoms with Crippen LogP contribution in [0.15, 0.2) is 48.5 Å². The van der Waals surface area contributed by atoms with Gasteiger partial charge in [-0.1, -0.05) is 30.3 Å². The Morgan fingerprint density at radius 3 is 2.52 bits per heavy atom. The standard InChI is InChI=1S/C19H16F3NO4/c1-23(11-12-6-8-14(9-7-12)27-19(20,21)22)17(24)16-10-13-4-2-3-5-15(13)18(25)26-16/h2-9,16H,10-11H2,1H3. The Balaban J connectivity index is 1.64. The first-order valence-electron chi connectivity index (χ1n) is 8.11. The molecule has 0 radical (unpaired) electrons. The summed E-state index contributed by atoms with van der Waals surface area (Å²) < 4.78 is 45.6. The fourth-order valence-corrected chi connectivity index (χ4v) is 2.86. The molecule has 0 spiro atoms. The lowest BCUT2D eigenvalue weighted by Gasteiger charge is -2.27. The molecule has 0 fully saturated rings. The monoisotopic (exact) mass is 379 g/mol. The van der Waals surface area contributed by atoms with Crippen molar-refractivity contribution in [3.05, 3.63) is 65.2 Å². The number of carbonyl (C=O) groups excluding carboxylic acids is 2. The molecular formula is C19H16F3NO4. The van der Waals surface area contributed by atoms with Gasteiger partial charge in [-0.25, -0.2) is 4.79 Å². The van der Waals surface area contributed by atoms with E-state index < -0.39 is 18.4 Å². The molecule has 0 saturated heterocycles. The van der Waals surface area contributed by atoms with Crippen molar-refractivity contribution in [2.24, 2.45) is 0 Å². The number of ether oxygens (including phenoxy) is 2. The Hall–Kier alpha value is -3.03. The molecule has 27 heavy (non-hydrogen) atoms. The zero-order valence-corrected chi connectivity index (χ0v) is 14.3. The zero-order chi connectivity index (χ0) is 19.6. The molecule has 5 nitrogen and oxygen atoms in total. The van der Waals surface area contributed by atoms with E-state index in [0.717, 1.165) is 5.56 Å². The van der Waals surface area contributed by atoms with Crippen molar-refractivity contribution in [1.82, 2.24) is 4.90 Å². The quantitative estimate of drug-likeness (QED) is 0.765. The third-order valence-electron chi connectivity index (χ3n) is 4.12. The van der Waals surface area contributed by atoms with Crippen LogP contribution in [0.25, 0.3) is 0 Å². The van der Waals surface area contributed by atoms with Crippen LogP contribution < -0.4 is 4.74 Å². The van der Waals surface area contributed by atoms with Gasteiger partial charge in [0.2, 0.25) is 0 Å². The second-order valence-electron chi connectivity index (χ2n) is 6.14. The number of nitrogens with zero attached hydrogens (tertiary/aromatic N) is 1. The Kier molecular flexibility index (Phi) is 5.07. The van der Waals surface area contributed by atoms with E-state index in [-0.39, 0.29) is 24.6 Å². The molecule has 1 amide bonds. The summed E-state index contributed by atoms with van der Waals surface area (Å²) in [6, 6.07) is 12.2. The van der Waals surface area contributed by atoms with Gasteiger partial charge in [-0.3, -0.25) is 4.79 Å². The molecule has 3 rings (SSSR count). The van der Waals surface area contributed by atoms with Gasteiger partial charge in [0.05, 0.1) is 5.56 Å². The fourth-order valence-electron chi connectivity index (χ4n) is 2.86. The van der Waals surface area contributed by atoms with Gasteiger partial charge in [0.15, 0.2) is 6.10 Å². The molecule has 0 bridgehead atoms. The number of amides is 1. The van der Waals surface area contributed by atoms with E-state index >= 15 is 0 Å². The lowest BCUT2D eigenvalue weighted by Crippen LogP contribution is -2.42. The van der Waals surface area contributed by atoms with Crippen LogP contribution in [0.3, 0.4) is 0 Å². The van der Waals surface area contributed by atoms with Crippen molar-refractivity contribution < 1.29 is 32.2 Å². The summed E-state index contributed by atoms with van der Waals surface area (Å²) in [6.07, 6.45) is -5.40. The van der Waals surface area contributed by atoms with E-state index in [1.54, 1.807) is 24.3 Å². The number of likely N-dealkylation sites (N-methyl/N-ethyl adjacent to an activating group) is 1. The van der Waals surface area contributed by atoms with Crippen LogP contribution in [-0.4, -0.2) is 36.3 Å². The number of cyclic esters (lactones) is 1. The molecule has 0 aliphatic carbocycles. The zero-order valence-electron chi connectivity index (χ0n) is 14.3. The van der Waals surface area contributed by atoms with Crippen LogP contribution in [0, 0.1) is 0 Å². The molecule has 2 aromatic rings. The average molecular weight is 379 g/mol. The van der Waals surface area contributed by atoms with Gasteiger partial charge >= 0.3 is 12.3 Å². The van der Waals surface area contributed by atoms with E-state index in [1.165, 1.54) is 36.2 Å². The Morgan fingerprint density at radius 1 is 1.19 bits per heavy atom. The summed E-state index contributed by atoms with van der Waals surface area (Å²) in [5.41, 5.74) is 1.81. The van der Waals surface area contributed by atoms with Crippen LogP contribution in [0.5, 0.6) is 5.75 Å². The maximum Gasteiger partial charge on any atom is 0.573 e. The number of halogens is 3. The number of rotatable bonds is 4. The summed E-state index contributed by atoms with van der Waals surface area (Å²) in [7, 11) is 1.54. The second kappa shape index (κ2) is 7.30. The smallest absolute Gasteiger partial charge is 0.448 e. The Labute approximate surface area is 153 Å². The highest BCUT2D eigenvalue weighted by Gasteiger charge is 2.33. The number of esters is 1. The van der Waals surface area contributed by atoms with Gasteiger partial charge in [0.25, 0.3) is 5.91 Å². The maximum absolute atomic E-state index is 12.6. The van der Waals surface area contributed by atoms with Gasteiger partial charge < -0.3 is 14.4 Å². The number of hydrogen-bond donors (Lipinski definition) is 0. The van der Waals surface area contributed by atoms with Crippen molar-refractivity contribution in [2.45, 2.75) is 25.4 Å². The number of fused-ring (bicyclic) bond motifs is 1. The summed E-state index contributed by atoms with van der Waals surface area (Å²) in [6.45, 7) is 0.154. The van der Waals surface area contributed by atoms with Gasteiger partial charge in [0.1, 0.15) is 5.75 Å². The normalized spacial score (nSPS) is 16.3. The molecule has 0 N–H and O–H groups in total. The first-order chi connectivity index (χ1) is 12.7. The molecule has 0 saturated carbocycles. The lowest BCUT2D eigenvalue weighted by molar-refractivity contribution is -0.274. The number of benzene rings is 2. The van der Waals surface area contributed by atoms with Crippen molar-refractivity contribution in [3.8, 4) is 5.75 Å². The molecule has 1 heterocycles. The van der Waals surface area contributed by atoms with Crippen molar-refractivity contribution >= 4 is 11.9 Å². The average Bonchev–Trinajstić information content (AvgIpc) is 2.61. The molecule has 142 valence electrons. The minimum atomic E-state index is -4.75. The Bertz CT molecular complexity index is 849. The van der Waals surface area contributed by atoms with Gasteiger partial charge in [-0.15, -0.1) is 13.2 Å². The van der Waals surface area contributed by atoms with Gasteiger partial charge in [-0.2, -0.15) is 0 Å². The molecule has 2 aromatic carbocycles. The summed E-state index contributed by atoms with van der Waals surface area (Å²) in [5, 5.41) is 0. The van der Waals surface area contributed by atoms with Crippen LogP contribution in [0.4, 0.5) is 13.2 Å². The van der Waals surface area contributed by atoms with E-state index in [9.17, 15) is 22.8 Å². The summed E-state index contributed by atoms with van der Waals surface area (Å²) >= 11 is 0. The van der Waals surface area contributed by atoms with Crippen LogP contribution in [0.2, 0.25) is 0 Å². The predicted octanol–water partition coefficient (Wildman–Crippen LogP) is 3.33. The SMILES string of the molecule is CN(Cc1ccc(OC(F)(F)F)cc1)C(=O)C1Cc2ccccc2C(=O)O1. The van der Waals surface area contributed by atoms with E-state index in [1.807, 2.05) is 0 Å². The molecule has 1 aliphatic heterocycles. The largest absolute Gasteiger partial charge is 0.573 e. The highest BCUT2D eigenvalue weighted by molar-refractivity contribution is 5.95. The third kappa shape index (κ3) is 4.58. The molecular weight excluding hydrogens is 363 g/mol. The third-order valence-corrected chi connectivity index (χ3v) is 4.12. The Morgan fingerprint density at radius 2 is 1.85 bits per heavy atom. The first kappa shape index (κ1) is 18.8.